The molecule has 192 valence electrons. The third kappa shape index (κ3) is 6.78. The lowest BCUT2D eigenvalue weighted by Crippen LogP contribution is -2.22. The summed E-state index contributed by atoms with van der Waals surface area (Å²) in [5.74, 6) is -1.59. The topological polar surface area (TPSA) is 93.5 Å². The quantitative estimate of drug-likeness (QED) is 0.338. The zero-order valence-corrected chi connectivity index (χ0v) is 20.4. The average molecular weight is 524 g/mol. The van der Waals surface area contributed by atoms with Crippen LogP contribution in [0.3, 0.4) is 0 Å². The fourth-order valence-corrected chi connectivity index (χ4v) is 3.87. The summed E-state index contributed by atoms with van der Waals surface area (Å²) in [5.41, 5.74) is -0.492. The molecule has 3 aromatic rings. The molecule has 0 fully saturated rings. The van der Waals surface area contributed by atoms with Crippen LogP contribution in [-0.4, -0.2) is 33.1 Å². The first-order valence-corrected chi connectivity index (χ1v) is 11.5. The van der Waals surface area contributed by atoms with Crippen LogP contribution in [0.25, 0.3) is 0 Å². The Morgan fingerprint density at radius 3 is 2.58 bits per heavy atom. The number of carbonyl (C=O) groups is 2. The van der Waals surface area contributed by atoms with Gasteiger partial charge in [-0.3, -0.25) is 9.59 Å². The fourth-order valence-electron chi connectivity index (χ4n) is 3.72. The highest BCUT2D eigenvalue weighted by molar-refractivity contribution is 6.30. The van der Waals surface area contributed by atoms with E-state index in [1.165, 1.54) is 6.20 Å². The van der Waals surface area contributed by atoms with E-state index < -0.39 is 35.7 Å². The Bertz CT molecular complexity index is 1240. The second-order valence-electron chi connectivity index (χ2n) is 8.15. The number of alkyl halides is 3. The van der Waals surface area contributed by atoms with Crippen LogP contribution in [-0.2, 0) is 23.8 Å². The van der Waals surface area contributed by atoms with E-state index in [0.717, 1.165) is 23.9 Å². The van der Waals surface area contributed by atoms with Crippen molar-refractivity contribution >= 4 is 29.2 Å². The van der Waals surface area contributed by atoms with E-state index in [2.05, 4.69) is 10.3 Å². The fraction of sp³-hybridized carbons (Fsp3) is 0.320. The molecule has 0 radical (unpaired) electrons. The summed E-state index contributed by atoms with van der Waals surface area (Å²) in [4.78, 5) is 28.2. The minimum Gasteiger partial charge on any atom is -0.481 e. The number of aliphatic carboxylic acids is 1. The molecule has 0 aliphatic heterocycles. The SMILES string of the molecule is CC[C@H](C)n1c(CCOc2cc(Cl)ccn2)ccc1C(=O)Nc1cc(CC(=O)O)ccc1C(F)(F)F. The van der Waals surface area contributed by atoms with Crippen molar-refractivity contribution in [2.24, 2.45) is 0 Å². The maximum absolute atomic E-state index is 13.6. The van der Waals surface area contributed by atoms with Gasteiger partial charge in [0.1, 0.15) is 5.69 Å². The number of carboxylic acids is 1. The maximum Gasteiger partial charge on any atom is 0.418 e. The van der Waals surface area contributed by atoms with Gasteiger partial charge < -0.3 is 19.7 Å². The summed E-state index contributed by atoms with van der Waals surface area (Å²) in [6, 6.07) is 9.23. The molecule has 11 heteroatoms. The van der Waals surface area contributed by atoms with Gasteiger partial charge >= 0.3 is 12.1 Å². The molecule has 2 N–H and O–H groups in total. The number of hydrogen-bond donors (Lipinski definition) is 2. The highest BCUT2D eigenvalue weighted by Crippen LogP contribution is 2.36. The van der Waals surface area contributed by atoms with Gasteiger partial charge in [0.2, 0.25) is 5.88 Å². The third-order valence-electron chi connectivity index (χ3n) is 5.56. The number of pyridine rings is 1. The van der Waals surface area contributed by atoms with Crippen molar-refractivity contribution in [2.45, 2.75) is 45.3 Å². The summed E-state index contributed by atoms with van der Waals surface area (Å²) in [5, 5.41) is 11.8. The van der Waals surface area contributed by atoms with Crippen molar-refractivity contribution in [3.8, 4) is 5.88 Å². The number of carbonyl (C=O) groups excluding carboxylic acids is 1. The third-order valence-corrected chi connectivity index (χ3v) is 5.80. The molecule has 3 rings (SSSR count). The lowest BCUT2D eigenvalue weighted by molar-refractivity contribution is -0.137. The largest absolute Gasteiger partial charge is 0.481 e. The van der Waals surface area contributed by atoms with E-state index in [4.69, 9.17) is 21.4 Å². The Balaban J connectivity index is 1.86. The van der Waals surface area contributed by atoms with Crippen LogP contribution in [0, 0.1) is 0 Å². The second kappa shape index (κ2) is 11.5. The van der Waals surface area contributed by atoms with Crippen molar-refractivity contribution in [3.63, 3.8) is 0 Å². The number of hydrogen-bond acceptors (Lipinski definition) is 4. The van der Waals surface area contributed by atoms with Crippen LogP contribution in [0.5, 0.6) is 5.88 Å². The van der Waals surface area contributed by atoms with Crippen molar-refractivity contribution in [1.29, 1.82) is 0 Å². The summed E-state index contributed by atoms with van der Waals surface area (Å²) in [6.45, 7) is 4.07. The number of amides is 1. The summed E-state index contributed by atoms with van der Waals surface area (Å²) in [6.07, 6.45) is -2.62. The van der Waals surface area contributed by atoms with E-state index in [1.54, 1.807) is 28.8 Å². The number of halogens is 4. The van der Waals surface area contributed by atoms with Gasteiger partial charge in [-0.15, -0.1) is 0 Å². The summed E-state index contributed by atoms with van der Waals surface area (Å²) >= 11 is 5.94. The molecule has 2 heterocycles. The lowest BCUT2D eigenvalue weighted by Gasteiger charge is -2.20. The number of nitrogens with zero attached hydrogens (tertiary/aromatic N) is 2. The maximum atomic E-state index is 13.6. The molecule has 0 aliphatic rings. The van der Waals surface area contributed by atoms with Gasteiger partial charge in [0, 0.05) is 35.4 Å². The first-order valence-electron chi connectivity index (χ1n) is 11.2. The molecular weight excluding hydrogens is 499 g/mol. The molecule has 2 aromatic heterocycles. The Labute approximate surface area is 210 Å². The van der Waals surface area contributed by atoms with E-state index in [9.17, 15) is 22.8 Å². The van der Waals surface area contributed by atoms with E-state index in [1.807, 2.05) is 13.8 Å². The highest BCUT2D eigenvalue weighted by atomic mass is 35.5. The second-order valence-corrected chi connectivity index (χ2v) is 8.59. The number of benzene rings is 1. The Kier molecular flexibility index (Phi) is 8.62. The molecule has 0 unspecified atom stereocenters. The van der Waals surface area contributed by atoms with Crippen molar-refractivity contribution in [3.05, 3.63) is 76.2 Å². The first kappa shape index (κ1) is 27.1. The van der Waals surface area contributed by atoms with Crippen LogP contribution < -0.4 is 10.1 Å². The van der Waals surface area contributed by atoms with Gasteiger partial charge in [-0.25, -0.2) is 4.98 Å². The van der Waals surface area contributed by atoms with E-state index >= 15 is 0 Å². The summed E-state index contributed by atoms with van der Waals surface area (Å²) < 4.78 is 48.1. The minimum atomic E-state index is -4.74. The number of nitrogens with one attached hydrogen (secondary N) is 1. The Hall–Kier alpha value is -3.53. The van der Waals surface area contributed by atoms with Crippen molar-refractivity contribution in [2.75, 3.05) is 11.9 Å². The molecule has 7 nitrogen and oxygen atoms in total. The van der Waals surface area contributed by atoms with Gasteiger partial charge in [-0.2, -0.15) is 13.2 Å². The van der Waals surface area contributed by atoms with E-state index in [-0.39, 0.29) is 23.9 Å². The van der Waals surface area contributed by atoms with Crippen LogP contribution in [0.2, 0.25) is 5.02 Å². The monoisotopic (exact) mass is 523 g/mol. The summed E-state index contributed by atoms with van der Waals surface area (Å²) in [7, 11) is 0. The molecule has 0 saturated heterocycles. The van der Waals surface area contributed by atoms with Gasteiger partial charge in [0.25, 0.3) is 5.91 Å². The number of rotatable bonds is 10. The Morgan fingerprint density at radius 2 is 1.94 bits per heavy atom. The van der Waals surface area contributed by atoms with Crippen LogP contribution in [0.4, 0.5) is 18.9 Å². The van der Waals surface area contributed by atoms with Gasteiger partial charge in [-0.1, -0.05) is 24.6 Å². The lowest BCUT2D eigenvalue weighted by atomic mass is 10.1. The predicted octanol–water partition coefficient (Wildman–Crippen LogP) is 6.03. The normalized spacial score (nSPS) is 12.3. The molecular formula is C25H25ClF3N3O4. The first-order chi connectivity index (χ1) is 17.0. The molecule has 0 spiro atoms. The van der Waals surface area contributed by atoms with Crippen LogP contribution in [0.15, 0.2) is 48.7 Å². The highest BCUT2D eigenvalue weighted by Gasteiger charge is 2.34. The molecule has 36 heavy (non-hydrogen) atoms. The standard InChI is InChI=1S/C25H25ClF3N3O4/c1-3-15(2)32-18(9-11-36-22-14-17(26)8-10-30-22)5-7-21(32)24(35)31-20-12-16(13-23(33)34)4-6-19(20)25(27,28)29/h4-8,10,12,14-15H,3,9,11,13H2,1-2H3,(H,31,35)(H,33,34)/t15-/m0/s1. The Morgan fingerprint density at radius 1 is 1.19 bits per heavy atom. The van der Waals surface area contributed by atoms with Crippen molar-refractivity contribution in [1.82, 2.24) is 9.55 Å². The van der Waals surface area contributed by atoms with Gasteiger partial charge in [0.05, 0.1) is 24.3 Å². The molecule has 0 bridgehead atoms. The molecule has 1 amide bonds. The zero-order valence-electron chi connectivity index (χ0n) is 19.6. The van der Waals surface area contributed by atoms with Gasteiger partial charge in [-0.05, 0) is 49.2 Å². The number of aromatic nitrogens is 2. The zero-order chi connectivity index (χ0) is 26.5. The number of ether oxygens (including phenoxy) is 1. The van der Waals surface area contributed by atoms with Crippen LogP contribution >= 0.6 is 11.6 Å². The number of anilines is 1. The van der Waals surface area contributed by atoms with Crippen LogP contribution in [0.1, 0.15) is 53.6 Å². The molecule has 1 atom stereocenters. The molecule has 0 saturated carbocycles. The number of carboxylic acid groups (broad SMARTS) is 1. The van der Waals surface area contributed by atoms with Gasteiger partial charge in [0.15, 0.2) is 0 Å². The average Bonchev–Trinajstić information content (AvgIpc) is 3.21. The van der Waals surface area contributed by atoms with Crippen molar-refractivity contribution < 1.29 is 32.6 Å². The molecule has 0 aliphatic carbocycles. The minimum absolute atomic E-state index is 0.125. The smallest absolute Gasteiger partial charge is 0.418 e. The van der Waals surface area contributed by atoms with E-state index in [0.29, 0.717) is 23.7 Å². The molecule has 1 aromatic carbocycles. The predicted molar refractivity (Wildman–Crippen MR) is 129 cm³/mol.